The minimum Gasteiger partial charge on any atom is -0.348 e. The molecule has 3 amide bonds. The molecule has 0 aromatic heterocycles. The second kappa shape index (κ2) is 6.05. The van der Waals surface area contributed by atoms with Crippen LogP contribution in [0, 0.1) is 0 Å². The Morgan fingerprint density at radius 1 is 1.35 bits per heavy atom. The van der Waals surface area contributed by atoms with Crippen LogP contribution in [0.2, 0.25) is 5.02 Å². The molecule has 1 aromatic carbocycles. The van der Waals surface area contributed by atoms with Gasteiger partial charge in [-0.25, -0.2) is 0 Å². The Bertz CT molecular complexity index is 543. The van der Waals surface area contributed by atoms with E-state index in [-0.39, 0.29) is 43.1 Å². The Morgan fingerprint density at radius 2 is 2.00 bits per heavy atom. The number of carbonyl (C=O) groups excluding carboxylic acids is 3. The summed E-state index contributed by atoms with van der Waals surface area (Å²) in [6.07, 6.45) is 0.381. The average molecular weight is 295 g/mol. The van der Waals surface area contributed by atoms with Crippen molar-refractivity contribution in [2.75, 3.05) is 6.54 Å². The van der Waals surface area contributed by atoms with E-state index in [2.05, 4.69) is 5.32 Å². The highest BCUT2D eigenvalue weighted by Crippen LogP contribution is 2.17. The van der Waals surface area contributed by atoms with E-state index in [1.54, 1.807) is 18.2 Å². The van der Waals surface area contributed by atoms with Gasteiger partial charge in [0.05, 0.1) is 6.04 Å². The van der Waals surface area contributed by atoms with E-state index in [1.807, 2.05) is 13.0 Å². The highest BCUT2D eigenvalue weighted by molar-refractivity contribution is 6.30. The van der Waals surface area contributed by atoms with Crippen LogP contribution in [-0.4, -0.2) is 29.2 Å². The molecule has 0 bridgehead atoms. The van der Waals surface area contributed by atoms with E-state index in [9.17, 15) is 14.4 Å². The third-order valence-electron chi connectivity index (χ3n) is 3.18. The van der Waals surface area contributed by atoms with Gasteiger partial charge in [0.15, 0.2) is 0 Å². The lowest BCUT2D eigenvalue weighted by Crippen LogP contribution is -2.40. The van der Waals surface area contributed by atoms with Crippen LogP contribution in [0.1, 0.15) is 31.4 Å². The van der Waals surface area contributed by atoms with Gasteiger partial charge >= 0.3 is 0 Å². The van der Waals surface area contributed by atoms with Gasteiger partial charge in [-0.15, -0.1) is 0 Å². The molecule has 0 radical (unpaired) electrons. The van der Waals surface area contributed by atoms with Gasteiger partial charge in [-0.1, -0.05) is 23.7 Å². The zero-order valence-corrected chi connectivity index (χ0v) is 11.8. The molecule has 0 spiro atoms. The number of rotatable bonds is 4. The van der Waals surface area contributed by atoms with Crippen LogP contribution in [0.5, 0.6) is 0 Å². The normalized spacial score (nSPS) is 16.4. The molecule has 1 aromatic rings. The molecule has 1 heterocycles. The number of imide groups is 1. The third kappa shape index (κ3) is 3.36. The SMILES string of the molecule is C[C@H](NC(=O)CN1C(=O)CCC1=O)c1cccc(Cl)c1. The maximum atomic E-state index is 11.9. The fourth-order valence-electron chi connectivity index (χ4n) is 2.09. The Labute approximate surface area is 121 Å². The Balaban J connectivity index is 1.94. The summed E-state index contributed by atoms with van der Waals surface area (Å²) in [5, 5.41) is 3.34. The van der Waals surface area contributed by atoms with Crippen molar-refractivity contribution in [3.8, 4) is 0 Å². The molecular formula is C14H15ClN2O3. The highest BCUT2D eigenvalue weighted by Gasteiger charge is 2.30. The van der Waals surface area contributed by atoms with Crippen LogP contribution in [-0.2, 0) is 14.4 Å². The van der Waals surface area contributed by atoms with Crippen molar-refractivity contribution in [2.45, 2.75) is 25.8 Å². The summed E-state index contributed by atoms with van der Waals surface area (Å²) >= 11 is 5.89. The van der Waals surface area contributed by atoms with Crippen LogP contribution in [0.25, 0.3) is 0 Å². The predicted octanol–water partition coefficient (Wildman–Crippen LogP) is 1.67. The first-order valence-corrected chi connectivity index (χ1v) is 6.73. The number of halogens is 1. The van der Waals surface area contributed by atoms with Crippen molar-refractivity contribution in [3.05, 3.63) is 34.9 Å². The summed E-state index contributed by atoms with van der Waals surface area (Å²) < 4.78 is 0. The van der Waals surface area contributed by atoms with Crippen LogP contribution in [0.15, 0.2) is 24.3 Å². The fourth-order valence-corrected chi connectivity index (χ4v) is 2.29. The number of likely N-dealkylation sites (tertiary alicyclic amines) is 1. The van der Waals surface area contributed by atoms with Crippen molar-refractivity contribution in [1.29, 1.82) is 0 Å². The van der Waals surface area contributed by atoms with Crippen molar-refractivity contribution < 1.29 is 14.4 Å². The molecule has 106 valence electrons. The minimum atomic E-state index is -0.360. The number of benzene rings is 1. The number of hydrogen-bond donors (Lipinski definition) is 1. The first kappa shape index (κ1) is 14.5. The largest absolute Gasteiger partial charge is 0.348 e. The quantitative estimate of drug-likeness (QED) is 0.859. The zero-order valence-electron chi connectivity index (χ0n) is 11.1. The monoisotopic (exact) mass is 294 g/mol. The zero-order chi connectivity index (χ0) is 14.7. The van der Waals surface area contributed by atoms with Gasteiger partial charge < -0.3 is 5.32 Å². The standard InChI is InChI=1S/C14H15ClN2O3/c1-9(10-3-2-4-11(15)7-10)16-12(18)8-17-13(19)5-6-14(17)20/h2-4,7,9H,5-6,8H2,1H3,(H,16,18)/t9-/m0/s1. The lowest BCUT2D eigenvalue weighted by molar-refractivity contribution is -0.142. The molecule has 2 rings (SSSR count). The Kier molecular flexibility index (Phi) is 4.39. The molecule has 1 atom stereocenters. The molecule has 5 nitrogen and oxygen atoms in total. The first-order chi connectivity index (χ1) is 9.47. The van der Waals surface area contributed by atoms with Gasteiger partial charge in [0.1, 0.15) is 6.54 Å². The topological polar surface area (TPSA) is 66.5 Å². The van der Waals surface area contributed by atoms with E-state index in [1.165, 1.54) is 0 Å². The van der Waals surface area contributed by atoms with Crippen molar-refractivity contribution in [1.82, 2.24) is 10.2 Å². The molecule has 20 heavy (non-hydrogen) atoms. The molecule has 0 saturated carbocycles. The fraction of sp³-hybridized carbons (Fsp3) is 0.357. The molecule has 0 aliphatic carbocycles. The third-order valence-corrected chi connectivity index (χ3v) is 3.42. The van der Waals surface area contributed by atoms with E-state index in [0.717, 1.165) is 10.5 Å². The average Bonchev–Trinajstić information content (AvgIpc) is 2.70. The summed E-state index contributed by atoms with van der Waals surface area (Å²) in [7, 11) is 0. The lowest BCUT2D eigenvalue weighted by atomic mass is 10.1. The second-order valence-corrected chi connectivity index (χ2v) is 5.15. The summed E-state index contributed by atoms with van der Waals surface area (Å²) in [6.45, 7) is 1.60. The molecule has 1 N–H and O–H groups in total. The minimum absolute atomic E-state index is 0.190. The molecular weight excluding hydrogens is 280 g/mol. The molecule has 1 saturated heterocycles. The molecule has 1 aliphatic rings. The van der Waals surface area contributed by atoms with Gasteiger partial charge in [0.2, 0.25) is 17.7 Å². The smallest absolute Gasteiger partial charge is 0.240 e. The molecule has 0 unspecified atom stereocenters. The maximum Gasteiger partial charge on any atom is 0.240 e. The van der Waals surface area contributed by atoms with Gasteiger partial charge in [0.25, 0.3) is 0 Å². The van der Waals surface area contributed by atoms with Crippen LogP contribution < -0.4 is 5.32 Å². The summed E-state index contributed by atoms with van der Waals surface area (Å²) in [4.78, 5) is 35.7. The van der Waals surface area contributed by atoms with Crippen molar-refractivity contribution in [3.63, 3.8) is 0 Å². The van der Waals surface area contributed by atoms with Crippen LogP contribution in [0.3, 0.4) is 0 Å². The molecule has 1 fully saturated rings. The summed E-state index contributed by atoms with van der Waals surface area (Å²) in [5.74, 6) is -0.942. The highest BCUT2D eigenvalue weighted by atomic mass is 35.5. The van der Waals surface area contributed by atoms with E-state index in [4.69, 9.17) is 11.6 Å². The van der Waals surface area contributed by atoms with E-state index >= 15 is 0 Å². The summed E-state index contributed by atoms with van der Waals surface area (Å²) in [5.41, 5.74) is 0.866. The Morgan fingerprint density at radius 3 is 2.60 bits per heavy atom. The first-order valence-electron chi connectivity index (χ1n) is 6.35. The van der Waals surface area contributed by atoms with Crippen molar-refractivity contribution >= 4 is 29.3 Å². The van der Waals surface area contributed by atoms with Crippen LogP contribution in [0.4, 0.5) is 0 Å². The van der Waals surface area contributed by atoms with E-state index in [0.29, 0.717) is 5.02 Å². The number of carbonyl (C=O) groups is 3. The number of nitrogens with one attached hydrogen (secondary N) is 1. The van der Waals surface area contributed by atoms with Crippen LogP contribution >= 0.6 is 11.6 Å². The second-order valence-electron chi connectivity index (χ2n) is 4.72. The predicted molar refractivity (Wildman–Crippen MR) is 74.0 cm³/mol. The van der Waals surface area contributed by atoms with E-state index < -0.39 is 0 Å². The maximum absolute atomic E-state index is 11.9. The van der Waals surface area contributed by atoms with Crippen molar-refractivity contribution in [2.24, 2.45) is 0 Å². The Hall–Kier alpha value is -1.88. The molecule has 1 aliphatic heterocycles. The van der Waals surface area contributed by atoms with Gasteiger partial charge in [0, 0.05) is 17.9 Å². The van der Waals surface area contributed by atoms with Gasteiger partial charge in [-0.3, -0.25) is 19.3 Å². The summed E-state index contributed by atoms with van der Waals surface area (Å²) in [6, 6.07) is 6.92. The number of amides is 3. The lowest BCUT2D eigenvalue weighted by Gasteiger charge is -2.18. The number of hydrogen-bond acceptors (Lipinski definition) is 3. The molecule has 6 heteroatoms. The van der Waals surface area contributed by atoms with Gasteiger partial charge in [-0.05, 0) is 24.6 Å². The van der Waals surface area contributed by atoms with Gasteiger partial charge in [-0.2, -0.15) is 0 Å². The number of nitrogens with zero attached hydrogens (tertiary/aromatic N) is 1.